The first-order valence-corrected chi connectivity index (χ1v) is 4.25. The maximum absolute atomic E-state index is 11.1. The topological polar surface area (TPSA) is 70.2 Å². The lowest BCUT2D eigenvalue weighted by Gasteiger charge is -2.13. The van der Waals surface area contributed by atoms with E-state index in [0.29, 0.717) is 12.8 Å². The molecule has 0 aliphatic carbocycles. The highest BCUT2D eigenvalue weighted by Crippen LogP contribution is 1.96. The average molecular weight is 187 g/mol. The van der Waals surface area contributed by atoms with Crippen LogP contribution in [0.1, 0.15) is 12.8 Å². The van der Waals surface area contributed by atoms with Crippen LogP contribution in [-0.4, -0.2) is 39.0 Å². The first-order chi connectivity index (χ1) is 6.15. The van der Waals surface area contributed by atoms with Gasteiger partial charge in [0, 0.05) is 20.5 Å². The van der Waals surface area contributed by atoms with Gasteiger partial charge in [0.1, 0.15) is 0 Å². The largest absolute Gasteiger partial charge is 0.359 e. The molecule has 0 aromatic rings. The van der Waals surface area contributed by atoms with Crippen molar-refractivity contribution in [1.29, 1.82) is 0 Å². The summed E-state index contributed by atoms with van der Waals surface area (Å²) in [5.41, 5.74) is 0. The fourth-order valence-electron chi connectivity index (χ4n) is 0.981. The lowest BCUT2D eigenvalue weighted by Crippen LogP contribution is -2.41. The van der Waals surface area contributed by atoms with E-state index in [1.54, 1.807) is 21.1 Å². The minimum Gasteiger partial charge on any atom is -0.359 e. The van der Waals surface area contributed by atoms with Crippen LogP contribution in [0.3, 0.4) is 0 Å². The number of amides is 2. The summed E-state index contributed by atoms with van der Waals surface area (Å²) < 4.78 is 0. The maximum atomic E-state index is 11.1. The molecule has 3 N–H and O–H groups in total. The third-order valence-electron chi connectivity index (χ3n) is 1.85. The molecule has 0 bridgehead atoms. The van der Waals surface area contributed by atoms with Gasteiger partial charge in [-0.1, -0.05) is 0 Å². The predicted molar refractivity (Wildman–Crippen MR) is 50.2 cm³/mol. The molecule has 76 valence electrons. The molecule has 0 spiro atoms. The van der Waals surface area contributed by atoms with Crippen LogP contribution in [0.2, 0.25) is 0 Å². The van der Waals surface area contributed by atoms with Crippen LogP contribution in [-0.2, 0) is 9.59 Å². The second kappa shape index (κ2) is 6.42. The van der Waals surface area contributed by atoms with Crippen LogP contribution >= 0.6 is 0 Å². The Labute approximate surface area is 78.3 Å². The molecule has 13 heavy (non-hydrogen) atoms. The molecule has 0 radical (unpaired) electrons. The lowest BCUT2D eigenvalue weighted by molar-refractivity contribution is -0.123. The molecule has 0 aliphatic rings. The van der Waals surface area contributed by atoms with Gasteiger partial charge in [0.15, 0.2) is 0 Å². The van der Waals surface area contributed by atoms with Crippen molar-refractivity contribution in [2.75, 3.05) is 21.1 Å². The van der Waals surface area contributed by atoms with Gasteiger partial charge >= 0.3 is 0 Å². The van der Waals surface area contributed by atoms with Gasteiger partial charge in [0.2, 0.25) is 11.8 Å². The molecule has 0 saturated heterocycles. The highest BCUT2D eigenvalue weighted by Gasteiger charge is 2.15. The Hall–Kier alpha value is -1.10. The van der Waals surface area contributed by atoms with Crippen LogP contribution in [0.5, 0.6) is 0 Å². The van der Waals surface area contributed by atoms with Gasteiger partial charge in [0.05, 0.1) is 6.04 Å². The predicted octanol–water partition coefficient (Wildman–Crippen LogP) is -1.15. The third-order valence-corrected chi connectivity index (χ3v) is 1.85. The summed E-state index contributed by atoms with van der Waals surface area (Å²) in [6.07, 6.45) is 0.866. The highest BCUT2D eigenvalue weighted by atomic mass is 16.2. The Morgan fingerprint density at radius 1 is 1.15 bits per heavy atom. The van der Waals surface area contributed by atoms with Crippen molar-refractivity contribution >= 4 is 11.8 Å². The third kappa shape index (κ3) is 4.47. The first kappa shape index (κ1) is 11.9. The van der Waals surface area contributed by atoms with Gasteiger partial charge < -0.3 is 16.0 Å². The number of carbonyl (C=O) groups excluding carboxylic acids is 2. The fraction of sp³-hybridized carbons (Fsp3) is 0.750. The fourth-order valence-corrected chi connectivity index (χ4v) is 0.981. The minimum atomic E-state index is -0.290. The van der Waals surface area contributed by atoms with E-state index in [1.165, 1.54) is 0 Å². The Kier molecular flexibility index (Phi) is 5.88. The molecular weight excluding hydrogens is 170 g/mol. The molecule has 5 nitrogen and oxygen atoms in total. The van der Waals surface area contributed by atoms with Gasteiger partial charge in [-0.25, -0.2) is 0 Å². The summed E-state index contributed by atoms with van der Waals surface area (Å²) in [6.45, 7) is 0. The molecule has 0 aromatic heterocycles. The van der Waals surface area contributed by atoms with E-state index in [2.05, 4.69) is 16.0 Å². The number of carbonyl (C=O) groups is 2. The monoisotopic (exact) mass is 187 g/mol. The Morgan fingerprint density at radius 2 is 1.77 bits per heavy atom. The Bertz CT molecular complexity index is 182. The van der Waals surface area contributed by atoms with Crippen molar-refractivity contribution in [2.24, 2.45) is 0 Å². The van der Waals surface area contributed by atoms with Crippen LogP contribution in [0.25, 0.3) is 0 Å². The molecule has 5 heteroatoms. The van der Waals surface area contributed by atoms with Crippen molar-refractivity contribution in [3.8, 4) is 0 Å². The van der Waals surface area contributed by atoms with Crippen molar-refractivity contribution in [1.82, 2.24) is 16.0 Å². The minimum absolute atomic E-state index is 0.0517. The van der Waals surface area contributed by atoms with Gasteiger partial charge in [0.25, 0.3) is 0 Å². The van der Waals surface area contributed by atoms with Crippen LogP contribution in [0.4, 0.5) is 0 Å². The van der Waals surface area contributed by atoms with E-state index in [9.17, 15) is 9.59 Å². The molecule has 0 fully saturated rings. The van der Waals surface area contributed by atoms with E-state index < -0.39 is 0 Å². The maximum Gasteiger partial charge on any atom is 0.236 e. The van der Waals surface area contributed by atoms with Crippen molar-refractivity contribution in [3.63, 3.8) is 0 Å². The number of rotatable bonds is 5. The molecule has 0 heterocycles. The second-order valence-corrected chi connectivity index (χ2v) is 2.67. The molecule has 0 aromatic carbocycles. The van der Waals surface area contributed by atoms with Crippen LogP contribution in [0, 0.1) is 0 Å². The molecule has 0 aliphatic heterocycles. The summed E-state index contributed by atoms with van der Waals surface area (Å²) >= 11 is 0. The van der Waals surface area contributed by atoms with Crippen molar-refractivity contribution in [3.05, 3.63) is 0 Å². The van der Waals surface area contributed by atoms with E-state index in [0.717, 1.165) is 0 Å². The van der Waals surface area contributed by atoms with Gasteiger partial charge in [-0.2, -0.15) is 0 Å². The van der Waals surface area contributed by atoms with E-state index >= 15 is 0 Å². The van der Waals surface area contributed by atoms with E-state index in [4.69, 9.17) is 0 Å². The van der Waals surface area contributed by atoms with Gasteiger partial charge in [-0.3, -0.25) is 9.59 Å². The Balaban J connectivity index is 3.85. The summed E-state index contributed by atoms with van der Waals surface area (Å²) in [5.74, 6) is -0.143. The molecule has 2 amide bonds. The normalized spacial score (nSPS) is 11.9. The van der Waals surface area contributed by atoms with E-state index in [1.807, 2.05) is 0 Å². The number of likely N-dealkylation sites (N-methyl/N-ethyl adjacent to an activating group) is 2. The summed E-state index contributed by atoms with van der Waals surface area (Å²) in [7, 11) is 4.85. The number of hydrogen-bond donors (Lipinski definition) is 3. The molecule has 0 saturated carbocycles. The van der Waals surface area contributed by atoms with Gasteiger partial charge in [-0.15, -0.1) is 0 Å². The SMILES string of the molecule is CNC(=O)CCC(NC)C(=O)NC. The van der Waals surface area contributed by atoms with Gasteiger partial charge in [-0.05, 0) is 13.5 Å². The highest BCUT2D eigenvalue weighted by molar-refractivity contribution is 5.82. The molecule has 1 unspecified atom stereocenters. The lowest BCUT2D eigenvalue weighted by atomic mass is 10.1. The number of hydrogen-bond acceptors (Lipinski definition) is 3. The molecule has 0 rings (SSSR count). The van der Waals surface area contributed by atoms with Crippen LogP contribution < -0.4 is 16.0 Å². The quantitative estimate of drug-likeness (QED) is 0.509. The summed E-state index contributed by atoms with van der Waals surface area (Å²) in [5, 5.41) is 7.87. The van der Waals surface area contributed by atoms with Crippen molar-refractivity contribution < 1.29 is 9.59 Å². The summed E-state index contributed by atoms with van der Waals surface area (Å²) in [4.78, 5) is 22.0. The zero-order valence-electron chi connectivity index (χ0n) is 8.31. The Morgan fingerprint density at radius 3 is 2.15 bits per heavy atom. The second-order valence-electron chi connectivity index (χ2n) is 2.67. The smallest absolute Gasteiger partial charge is 0.236 e. The average Bonchev–Trinajstić information content (AvgIpc) is 2.17. The first-order valence-electron chi connectivity index (χ1n) is 4.25. The van der Waals surface area contributed by atoms with E-state index in [-0.39, 0.29) is 17.9 Å². The molecule has 1 atom stereocenters. The summed E-state index contributed by atoms with van der Waals surface area (Å²) in [6, 6.07) is -0.290. The van der Waals surface area contributed by atoms with Crippen LogP contribution in [0.15, 0.2) is 0 Å². The zero-order valence-corrected chi connectivity index (χ0v) is 8.31. The molecular formula is C8H17N3O2. The zero-order chi connectivity index (χ0) is 10.3. The van der Waals surface area contributed by atoms with Crippen molar-refractivity contribution in [2.45, 2.75) is 18.9 Å². The number of nitrogens with one attached hydrogen (secondary N) is 3. The standard InChI is InChI=1S/C8H17N3O2/c1-9-6(8(13)11-3)4-5-7(12)10-2/h6,9H,4-5H2,1-3H3,(H,10,12)(H,11,13).